The van der Waals surface area contributed by atoms with Crippen LogP contribution in [0.1, 0.15) is 25.6 Å². The zero-order valence-corrected chi connectivity index (χ0v) is 8.23. The Balaban J connectivity index is 2.14. The fourth-order valence-corrected chi connectivity index (χ4v) is 1.35. The summed E-state index contributed by atoms with van der Waals surface area (Å²) in [6.07, 6.45) is 2.99. The molecule has 0 saturated carbocycles. The van der Waals surface area contributed by atoms with Crippen molar-refractivity contribution in [1.82, 2.24) is 9.97 Å². The van der Waals surface area contributed by atoms with Gasteiger partial charge in [0.1, 0.15) is 11.9 Å². The second-order valence-electron chi connectivity index (χ2n) is 3.68. The van der Waals surface area contributed by atoms with Crippen molar-refractivity contribution in [3.63, 3.8) is 0 Å². The van der Waals surface area contributed by atoms with E-state index in [1.165, 1.54) is 6.20 Å². The van der Waals surface area contributed by atoms with Gasteiger partial charge in [0.2, 0.25) is 0 Å². The van der Waals surface area contributed by atoms with Gasteiger partial charge in [0.15, 0.2) is 5.79 Å². The molecule has 2 heterocycles. The number of rotatable bonds is 1. The zero-order valence-electron chi connectivity index (χ0n) is 8.23. The van der Waals surface area contributed by atoms with E-state index in [-0.39, 0.29) is 6.10 Å². The fourth-order valence-electron chi connectivity index (χ4n) is 1.35. The maximum absolute atomic E-state index is 5.61. The molecule has 1 saturated heterocycles. The molecule has 1 aromatic rings. The van der Waals surface area contributed by atoms with Crippen LogP contribution >= 0.6 is 0 Å². The van der Waals surface area contributed by atoms with Gasteiger partial charge >= 0.3 is 0 Å². The number of nitrogen functional groups attached to an aromatic ring is 1. The molecule has 5 nitrogen and oxygen atoms in total. The van der Waals surface area contributed by atoms with E-state index in [4.69, 9.17) is 15.2 Å². The molecule has 1 aliphatic rings. The number of nitrogens with zero attached hydrogens (tertiary/aromatic N) is 2. The molecule has 1 aliphatic heterocycles. The lowest BCUT2D eigenvalue weighted by Gasteiger charge is -2.16. The predicted molar refractivity (Wildman–Crippen MR) is 50.3 cm³/mol. The normalized spacial score (nSPS) is 25.1. The summed E-state index contributed by atoms with van der Waals surface area (Å²) in [6, 6.07) is 0. The lowest BCUT2D eigenvalue weighted by molar-refractivity contribution is -0.139. The van der Waals surface area contributed by atoms with E-state index >= 15 is 0 Å². The number of hydrogen-bond acceptors (Lipinski definition) is 5. The van der Waals surface area contributed by atoms with Crippen molar-refractivity contribution in [2.75, 3.05) is 12.3 Å². The van der Waals surface area contributed by atoms with Crippen LogP contribution in [0.25, 0.3) is 0 Å². The Bertz CT molecular complexity index is 323. The number of hydrogen-bond donors (Lipinski definition) is 1. The number of ether oxygens (including phenoxy) is 2. The van der Waals surface area contributed by atoms with Crippen LogP contribution in [0, 0.1) is 0 Å². The molecule has 0 aromatic carbocycles. The first-order valence-corrected chi connectivity index (χ1v) is 4.46. The van der Waals surface area contributed by atoms with Gasteiger partial charge in [-0.2, -0.15) is 0 Å². The van der Waals surface area contributed by atoms with Gasteiger partial charge in [0, 0.05) is 0 Å². The molecule has 0 bridgehead atoms. The molecule has 0 aliphatic carbocycles. The third-order valence-corrected chi connectivity index (χ3v) is 2.03. The average molecular weight is 195 g/mol. The summed E-state index contributed by atoms with van der Waals surface area (Å²) in [7, 11) is 0. The molecular formula is C9H13N3O2. The monoisotopic (exact) mass is 195 g/mol. The highest BCUT2D eigenvalue weighted by Gasteiger charge is 2.34. The molecule has 1 unspecified atom stereocenters. The van der Waals surface area contributed by atoms with Gasteiger partial charge in [-0.3, -0.25) is 4.98 Å². The lowest BCUT2D eigenvalue weighted by atomic mass is 10.3. The molecule has 0 spiro atoms. The topological polar surface area (TPSA) is 70.3 Å². The van der Waals surface area contributed by atoms with Gasteiger partial charge in [-0.05, 0) is 13.8 Å². The highest BCUT2D eigenvalue weighted by molar-refractivity contribution is 5.23. The first-order chi connectivity index (χ1) is 6.57. The molecule has 1 fully saturated rings. The Morgan fingerprint density at radius 3 is 2.71 bits per heavy atom. The Morgan fingerprint density at radius 2 is 2.21 bits per heavy atom. The highest BCUT2D eigenvalue weighted by Crippen LogP contribution is 2.31. The van der Waals surface area contributed by atoms with Crippen molar-refractivity contribution in [2.45, 2.75) is 25.7 Å². The Kier molecular flexibility index (Phi) is 2.13. The zero-order chi connectivity index (χ0) is 10.2. The minimum Gasteiger partial charge on any atom is -0.382 e. The van der Waals surface area contributed by atoms with Crippen LogP contribution in [0.3, 0.4) is 0 Å². The third-order valence-electron chi connectivity index (χ3n) is 2.03. The summed E-state index contributed by atoms with van der Waals surface area (Å²) in [5, 5.41) is 0. The van der Waals surface area contributed by atoms with Crippen LogP contribution in [0.2, 0.25) is 0 Å². The summed E-state index contributed by atoms with van der Waals surface area (Å²) in [4.78, 5) is 8.08. The average Bonchev–Trinajstić information content (AvgIpc) is 2.47. The van der Waals surface area contributed by atoms with Gasteiger partial charge in [-0.1, -0.05) is 0 Å². The van der Waals surface area contributed by atoms with Crippen molar-refractivity contribution < 1.29 is 9.47 Å². The molecule has 0 radical (unpaired) electrons. The van der Waals surface area contributed by atoms with Gasteiger partial charge < -0.3 is 15.2 Å². The van der Waals surface area contributed by atoms with E-state index in [0.29, 0.717) is 12.4 Å². The minimum atomic E-state index is -0.534. The Hall–Kier alpha value is -1.20. The summed E-state index contributed by atoms with van der Waals surface area (Å²) >= 11 is 0. The largest absolute Gasteiger partial charge is 0.382 e. The van der Waals surface area contributed by atoms with E-state index in [2.05, 4.69) is 9.97 Å². The van der Waals surface area contributed by atoms with Gasteiger partial charge in [0.25, 0.3) is 0 Å². The molecule has 1 aromatic heterocycles. The van der Waals surface area contributed by atoms with E-state index in [1.54, 1.807) is 6.20 Å². The molecule has 2 rings (SSSR count). The number of aromatic nitrogens is 2. The van der Waals surface area contributed by atoms with Crippen molar-refractivity contribution in [3.05, 3.63) is 18.1 Å². The summed E-state index contributed by atoms with van der Waals surface area (Å²) < 4.78 is 11.0. The number of anilines is 1. The molecule has 0 amide bonds. The summed E-state index contributed by atoms with van der Waals surface area (Å²) in [5.74, 6) is -0.125. The predicted octanol–water partition coefficient (Wildman–Crippen LogP) is 0.883. The summed E-state index contributed by atoms with van der Waals surface area (Å²) in [6.45, 7) is 4.25. The number of nitrogens with two attached hydrogens (primary N) is 1. The van der Waals surface area contributed by atoms with Crippen LogP contribution in [0.4, 0.5) is 5.82 Å². The Morgan fingerprint density at radius 1 is 1.43 bits per heavy atom. The minimum absolute atomic E-state index is 0.141. The van der Waals surface area contributed by atoms with Crippen molar-refractivity contribution >= 4 is 5.82 Å². The van der Waals surface area contributed by atoms with Crippen LogP contribution in [0.15, 0.2) is 12.4 Å². The maximum Gasteiger partial charge on any atom is 0.163 e. The maximum atomic E-state index is 5.61. The molecule has 14 heavy (non-hydrogen) atoms. The van der Waals surface area contributed by atoms with Crippen molar-refractivity contribution in [2.24, 2.45) is 0 Å². The van der Waals surface area contributed by atoms with E-state index in [1.807, 2.05) is 13.8 Å². The third kappa shape index (κ3) is 1.83. The van der Waals surface area contributed by atoms with Crippen LogP contribution < -0.4 is 5.73 Å². The molecule has 1 atom stereocenters. The van der Waals surface area contributed by atoms with Crippen molar-refractivity contribution in [3.8, 4) is 0 Å². The van der Waals surface area contributed by atoms with Gasteiger partial charge in [0.05, 0.1) is 24.7 Å². The van der Waals surface area contributed by atoms with E-state index in [0.717, 1.165) is 5.69 Å². The SMILES string of the molecule is CC1(C)OCC(c2cnc(N)cn2)O1. The highest BCUT2D eigenvalue weighted by atomic mass is 16.7. The molecule has 76 valence electrons. The second kappa shape index (κ2) is 3.18. The first kappa shape index (κ1) is 9.36. The molecular weight excluding hydrogens is 182 g/mol. The van der Waals surface area contributed by atoms with E-state index in [9.17, 15) is 0 Å². The lowest BCUT2D eigenvalue weighted by Crippen LogP contribution is -2.19. The smallest absolute Gasteiger partial charge is 0.163 e. The second-order valence-corrected chi connectivity index (χ2v) is 3.68. The van der Waals surface area contributed by atoms with Gasteiger partial charge in [-0.25, -0.2) is 4.98 Å². The van der Waals surface area contributed by atoms with Crippen LogP contribution in [0.5, 0.6) is 0 Å². The fraction of sp³-hybridized carbons (Fsp3) is 0.556. The van der Waals surface area contributed by atoms with Gasteiger partial charge in [-0.15, -0.1) is 0 Å². The molecule has 2 N–H and O–H groups in total. The quantitative estimate of drug-likeness (QED) is 0.720. The van der Waals surface area contributed by atoms with E-state index < -0.39 is 5.79 Å². The standard InChI is InChI=1S/C9H13N3O2/c1-9(2)13-5-7(14-9)6-3-12-8(10)4-11-6/h3-4,7H,5H2,1-2H3,(H2,10,12). The Labute approximate surface area is 82.3 Å². The van der Waals surface area contributed by atoms with Crippen molar-refractivity contribution in [1.29, 1.82) is 0 Å². The summed E-state index contributed by atoms with van der Waals surface area (Å²) in [5.41, 5.74) is 6.19. The first-order valence-electron chi connectivity index (χ1n) is 4.46. The van der Waals surface area contributed by atoms with Crippen LogP contribution in [-0.2, 0) is 9.47 Å². The molecule has 5 heteroatoms. The van der Waals surface area contributed by atoms with Crippen LogP contribution in [-0.4, -0.2) is 22.4 Å².